The number of carbonyl (C=O) groups is 2. The van der Waals surface area contributed by atoms with Crippen molar-refractivity contribution in [2.24, 2.45) is 5.92 Å². The van der Waals surface area contributed by atoms with Crippen LogP contribution in [0.25, 0.3) is 0 Å². The fourth-order valence-electron chi connectivity index (χ4n) is 1.54. The summed E-state index contributed by atoms with van der Waals surface area (Å²) < 4.78 is 18.6. The maximum absolute atomic E-state index is 13.4. The van der Waals surface area contributed by atoms with E-state index in [-0.39, 0.29) is 17.9 Å². The zero-order valence-electron chi connectivity index (χ0n) is 10.2. The van der Waals surface area contributed by atoms with Crippen LogP contribution in [0, 0.1) is 11.7 Å². The van der Waals surface area contributed by atoms with Crippen LogP contribution in [0.15, 0.2) is 18.2 Å². The Morgan fingerprint density at radius 1 is 1.42 bits per heavy atom. The van der Waals surface area contributed by atoms with Gasteiger partial charge in [-0.1, -0.05) is 0 Å². The zero-order valence-corrected chi connectivity index (χ0v) is 10.2. The molecule has 0 bridgehead atoms. The minimum atomic E-state index is -1.18. The highest BCUT2D eigenvalue weighted by Gasteiger charge is 2.21. The summed E-state index contributed by atoms with van der Waals surface area (Å²) in [4.78, 5) is 22.2. The molecule has 0 aromatic heterocycles. The molecule has 19 heavy (non-hydrogen) atoms. The number of anilines is 1. The first-order valence-corrected chi connectivity index (χ1v) is 5.96. The van der Waals surface area contributed by atoms with Crippen molar-refractivity contribution in [3.63, 3.8) is 0 Å². The van der Waals surface area contributed by atoms with Gasteiger partial charge in [-0.25, -0.2) is 9.18 Å². The molecule has 0 spiro atoms. The van der Waals surface area contributed by atoms with E-state index in [1.807, 2.05) is 0 Å². The summed E-state index contributed by atoms with van der Waals surface area (Å²) in [6, 6.07) is 3.22. The van der Waals surface area contributed by atoms with Crippen LogP contribution in [0.2, 0.25) is 0 Å². The van der Waals surface area contributed by atoms with Gasteiger partial charge in [0.1, 0.15) is 12.4 Å². The van der Waals surface area contributed by atoms with Crippen molar-refractivity contribution in [3.05, 3.63) is 29.6 Å². The molecule has 0 radical (unpaired) electrons. The highest BCUT2D eigenvalue weighted by atomic mass is 19.1. The van der Waals surface area contributed by atoms with E-state index in [9.17, 15) is 14.0 Å². The molecule has 1 aliphatic carbocycles. The molecular weight excluding hydrogens is 253 g/mol. The molecule has 2 N–H and O–H groups in total. The average Bonchev–Trinajstić information content (AvgIpc) is 3.15. The predicted octanol–water partition coefficient (Wildman–Crippen LogP) is 1.89. The fraction of sp³-hybridized carbons (Fsp3) is 0.385. The second-order valence-corrected chi connectivity index (χ2v) is 4.51. The zero-order chi connectivity index (χ0) is 13.8. The monoisotopic (exact) mass is 267 g/mol. The SMILES string of the molecule is O=C(COCC1CC1)Nc1cc(C(=O)O)ccc1F. The Labute approximate surface area is 109 Å². The number of carboxylic acid groups (broad SMARTS) is 1. The molecule has 2 rings (SSSR count). The Balaban J connectivity index is 1.90. The van der Waals surface area contributed by atoms with Crippen LogP contribution in [0.1, 0.15) is 23.2 Å². The molecule has 1 saturated carbocycles. The van der Waals surface area contributed by atoms with E-state index in [4.69, 9.17) is 9.84 Å². The first-order chi connectivity index (χ1) is 9.06. The van der Waals surface area contributed by atoms with Crippen LogP contribution in [0.3, 0.4) is 0 Å². The lowest BCUT2D eigenvalue weighted by Crippen LogP contribution is -2.20. The fourth-order valence-corrected chi connectivity index (χ4v) is 1.54. The van der Waals surface area contributed by atoms with Crippen molar-refractivity contribution >= 4 is 17.6 Å². The summed E-state index contributed by atoms with van der Waals surface area (Å²) in [6.07, 6.45) is 2.24. The number of rotatable bonds is 6. The third-order valence-electron chi connectivity index (χ3n) is 2.77. The van der Waals surface area contributed by atoms with Gasteiger partial charge in [-0.3, -0.25) is 4.79 Å². The summed E-state index contributed by atoms with van der Waals surface area (Å²) in [5.41, 5.74) is -0.240. The van der Waals surface area contributed by atoms with Crippen molar-refractivity contribution < 1.29 is 23.8 Å². The molecular formula is C13H14FNO4. The molecule has 1 fully saturated rings. The summed E-state index contributed by atoms with van der Waals surface area (Å²) in [7, 11) is 0. The van der Waals surface area contributed by atoms with Gasteiger partial charge in [-0.2, -0.15) is 0 Å². The van der Waals surface area contributed by atoms with Crippen LogP contribution in [0.4, 0.5) is 10.1 Å². The van der Waals surface area contributed by atoms with Crippen LogP contribution in [0.5, 0.6) is 0 Å². The first kappa shape index (κ1) is 13.5. The lowest BCUT2D eigenvalue weighted by Gasteiger charge is -2.07. The van der Waals surface area contributed by atoms with Gasteiger partial charge in [0.15, 0.2) is 0 Å². The van der Waals surface area contributed by atoms with E-state index in [1.54, 1.807) is 0 Å². The van der Waals surface area contributed by atoms with Crippen molar-refractivity contribution in [1.29, 1.82) is 0 Å². The normalized spacial score (nSPS) is 14.2. The number of carbonyl (C=O) groups excluding carboxylic acids is 1. The number of hydrogen-bond donors (Lipinski definition) is 2. The number of hydrogen-bond acceptors (Lipinski definition) is 3. The van der Waals surface area contributed by atoms with E-state index in [1.165, 1.54) is 0 Å². The van der Waals surface area contributed by atoms with Crippen molar-refractivity contribution in [2.75, 3.05) is 18.5 Å². The highest BCUT2D eigenvalue weighted by molar-refractivity contribution is 5.94. The Hall–Kier alpha value is -1.95. The van der Waals surface area contributed by atoms with E-state index in [2.05, 4.69) is 5.32 Å². The van der Waals surface area contributed by atoms with Gasteiger partial charge in [-0.05, 0) is 37.0 Å². The Morgan fingerprint density at radius 2 is 2.16 bits per heavy atom. The molecule has 1 amide bonds. The summed E-state index contributed by atoms with van der Waals surface area (Å²) in [6.45, 7) is 0.373. The molecule has 1 aliphatic rings. The van der Waals surface area contributed by atoms with Gasteiger partial charge in [0.25, 0.3) is 0 Å². The van der Waals surface area contributed by atoms with E-state index in [0.717, 1.165) is 31.0 Å². The number of benzene rings is 1. The molecule has 1 aromatic carbocycles. The number of carboxylic acids is 1. The Morgan fingerprint density at radius 3 is 2.79 bits per heavy atom. The van der Waals surface area contributed by atoms with Gasteiger partial charge in [0.05, 0.1) is 17.9 Å². The number of ether oxygens (including phenoxy) is 1. The maximum atomic E-state index is 13.4. The predicted molar refractivity (Wildman–Crippen MR) is 65.5 cm³/mol. The number of amides is 1. The maximum Gasteiger partial charge on any atom is 0.335 e. The summed E-state index contributed by atoms with van der Waals surface area (Å²) in [5, 5.41) is 11.1. The van der Waals surface area contributed by atoms with E-state index in [0.29, 0.717) is 12.5 Å². The Bertz CT molecular complexity index is 499. The molecule has 1 aromatic rings. The third kappa shape index (κ3) is 4.03. The third-order valence-corrected chi connectivity index (χ3v) is 2.77. The minimum absolute atomic E-state index is 0.0874. The summed E-state index contributed by atoms with van der Waals surface area (Å²) in [5.74, 6) is -1.82. The van der Waals surface area contributed by atoms with E-state index < -0.39 is 17.7 Å². The van der Waals surface area contributed by atoms with Gasteiger partial charge in [-0.15, -0.1) is 0 Å². The van der Waals surface area contributed by atoms with Crippen LogP contribution in [-0.2, 0) is 9.53 Å². The second kappa shape index (κ2) is 5.79. The Kier molecular flexibility index (Phi) is 4.11. The van der Waals surface area contributed by atoms with Gasteiger partial charge >= 0.3 is 5.97 Å². The standard InChI is InChI=1S/C13H14FNO4/c14-10-4-3-9(13(17)18)5-11(10)15-12(16)7-19-6-8-1-2-8/h3-5,8H,1-2,6-7H2,(H,15,16)(H,17,18). The highest BCUT2D eigenvalue weighted by Crippen LogP contribution is 2.28. The van der Waals surface area contributed by atoms with Crippen LogP contribution >= 0.6 is 0 Å². The van der Waals surface area contributed by atoms with Crippen molar-refractivity contribution in [3.8, 4) is 0 Å². The largest absolute Gasteiger partial charge is 0.478 e. The molecule has 6 heteroatoms. The van der Waals surface area contributed by atoms with Crippen molar-refractivity contribution in [2.45, 2.75) is 12.8 Å². The molecule has 0 aliphatic heterocycles. The van der Waals surface area contributed by atoms with Crippen LogP contribution in [-0.4, -0.2) is 30.2 Å². The first-order valence-electron chi connectivity index (χ1n) is 5.96. The molecule has 102 valence electrons. The number of nitrogens with one attached hydrogen (secondary N) is 1. The number of halogens is 1. The van der Waals surface area contributed by atoms with Gasteiger partial charge < -0.3 is 15.2 Å². The topological polar surface area (TPSA) is 75.6 Å². The number of aromatic carboxylic acids is 1. The van der Waals surface area contributed by atoms with Crippen LogP contribution < -0.4 is 5.32 Å². The molecule has 0 saturated heterocycles. The lowest BCUT2D eigenvalue weighted by molar-refractivity contribution is -0.120. The molecule has 0 heterocycles. The lowest BCUT2D eigenvalue weighted by atomic mass is 10.2. The van der Waals surface area contributed by atoms with E-state index >= 15 is 0 Å². The average molecular weight is 267 g/mol. The quantitative estimate of drug-likeness (QED) is 0.825. The molecule has 0 unspecified atom stereocenters. The van der Waals surface area contributed by atoms with Gasteiger partial charge in [0, 0.05) is 0 Å². The molecule has 5 nitrogen and oxygen atoms in total. The van der Waals surface area contributed by atoms with Crippen molar-refractivity contribution in [1.82, 2.24) is 0 Å². The molecule has 0 atom stereocenters. The minimum Gasteiger partial charge on any atom is -0.478 e. The summed E-state index contributed by atoms with van der Waals surface area (Å²) >= 11 is 0. The van der Waals surface area contributed by atoms with Gasteiger partial charge in [0.2, 0.25) is 5.91 Å². The second-order valence-electron chi connectivity index (χ2n) is 4.51. The smallest absolute Gasteiger partial charge is 0.335 e.